The maximum atomic E-state index is 10.4. The third-order valence-corrected chi connectivity index (χ3v) is 1.52. The molecular weight excluding hydrogens is 158 g/mol. The van der Waals surface area contributed by atoms with Crippen LogP contribution in [0.3, 0.4) is 0 Å². The van der Waals surface area contributed by atoms with Crippen molar-refractivity contribution < 1.29 is 9.90 Å². The molecule has 0 unspecified atom stereocenters. The van der Waals surface area contributed by atoms with E-state index in [-0.39, 0.29) is 12.3 Å². The van der Waals surface area contributed by atoms with Crippen molar-refractivity contribution in [3.8, 4) is 0 Å². The standard InChI is InChI=1S/C7H11N3O2/c1-4(2)7-5(3-6(11)12)8-10-9-7/h4H,3H2,1-2H3,(H,11,12)(H,8,9,10). The number of carbonyl (C=O) groups is 1. The summed E-state index contributed by atoms with van der Waals surface area (Å²) >= 11 is 0. The monoisotopic (exact) mass is 169 g/mol. The molecule has 12 heavy (non-hydrogen) atoms. The molecule has 0 atom stereocenters. The molecule has 5 heteroatoms. The molecule has 0 bridgehead atoms. The van der Waals surface area contributed by atoms with Gasteiger partial charge < -0.3 is 5.11 Å². The lowest BCUT2D eigenvalue weighted by molar-refractivity contribution is -0.136. The Bertz CT molecular complexity index is 280. The van der Waals surface area contributed by atoms with Crippen molar-refractivity contribution in [3.05, 3.63) is 11.4 Å². The van der Waals surface area contributed by atoms with Crippen LogP contribution in [0.15, 0.2) is 0 Å². The van der Waals surface area contributed by atoms with E-state index in [2.05, 4.69) is 15.4 Å². The Morgan fingerprint density at radius 1 is 1.58 bits per heavy atom. The van der Waals surface area contributed by atoms with Crippen molar-refractivity contribution in [2.75, 3.05) is 0 Å². The highest BCUT2D eigenvalue weighted by molar-refractivity contribution is 5.69. The number of hydrogen-bond donors (Lipinski definition) is 2. The minimum absolute atomic E-state index is 0.0655. The first-order valence-corrected chi connectivity index (χ1v) is 3.72. The first-order valence-electron chi connectivity index (χ1n) is 3.72. The zero-order valence-corrected chi connectivity index (χ0v) is 7.03. The average molecular weight is 169 g/mol. The number of carboxylic acids is 1. The van der Waals surface area contributed by atoms with Gasteiger partial charge in [-0.3, -0.25) is 4.79 Å². The minimum Gasteiger partial charge on any atom is -0.481 e. The smallest absolute Gasteiger partial charge is 0.309 e. The highest BCUT2D eigenvalue weighted by atomic mass is 16.4. The minimum atomic E-state index is -0.884. The first kappa shape index (κ1) is 8.70. The maximum absolute atomic E-state index is 10.4. The predicted molar refractivity (Wildman–Crippen MR) is 41.8 cm³/mol. The fourth-order valence-electron chi connectivity index (χ4n) is 0.997. The maximum Gasteiger partial charge on any atom is 0.309 e. The first-order chi connectivity index (χ1) is 5.61. The highest BCUT2D eigenvalue weighted by Gasteiger charge is 2.13. The van der Waals surface area contributed by atoms with Crippen LogP contribution in [0, 0.1) is 0 Å². The van der Waals surface area contributed by atoms with Gasteiger partial charge in [0, 0.05) is 0 Å². The van der Waals surface area contributed by atoms with Crippen molar-refractivity contribution in [2.24, 2.45) is 0 Å². The normalized spacial score (nSPS) is 10.6. The van der Waals surface area contributed by atoms with Crippen molar-refractivity contribution in [2.45, 2.75) is 26.2 Å². The van der Waals surface area contributed by atoms with E-state index in [1.807, 2.05) is 13.8 Å². The van der Waals surface area contributed by atoms with Gasteiger partial charge in [-0.2, -0.15) is 15.4 Å². The van der Waals surface area contributed by atoms with Crippen molar-refractivity contribution in [1.29, 1.82) is 0 Å². The van der Waals surface area contributed by atoms with E-state index in [4.69, 9.17) is 5.11 Å². The Morgan fingerprint density at radius 2 is 2.25 bits per heavy atom. The molecule has 1 aromatic heterocycles. The Labute approximate surface area is 69.8 Å². The van der Waals surface area contributed by atoms with Gasteiger partial charge in [0.1, 0.15) is 0 Å². The number of hydrogen-bond acceptors (Lipinski definition) is 3. The molecule has 66 valence electrons. The van der Waals surface area contributed by atoms with E-state index in [1.54, 1.807) is 0 Å². The molecule has 0 saturated heterocycles. The summed E-state index contributed by atoms with van der Waals surface area (Å²) in [5.74, 6) is -0.677. The largest absolute Gasteiger partial charge is 0.481 e. The Kier molecular flexibility index (Phi) is 2.42. The van der Waals surface area contributed by atoms with Crippen LogP contribution in [0.1, 0.15) is 31.2 Å². The number of rotatable bonds is 3. The van der Waals surface area contributed by atoms with Crippen LogP contribution in [-0.2, 0) is 11.2 Å². The Morgan fingerprint density at radius 3 is 2.75 bits per heavy atom. The number of H-pyrrole nitrogens is 1. The number of nitrogens with zero attached hydrogens (tertiary/aromatic N) is 2. The van der Waals surface area contributed by atoms with Crippen LogP contribution in [0.5, 0.6) is 0 Å². The Balaban J connectivity index is 2.84. The van der Waals surface area contributed by atoms with Crippen LogP contribution in [0.4, 0.5) is 0 Å². The lowest BCUT2D eigenvalue weighted by Crippen LogP contribution is -2.04. The summed E-state index contributed by atoms with van der Waals surface area (Å²) < 4.78 is 0. The van der Waals surface area contributed by atoms with Gasteiger partial charge in [0.05, 0.1) is 17.8 Å². The number of aliphatic carboxylic acids is 1. The second-order valence-electron chi connectivity index (χ2n) is 2.88. The highest BCUT2D eigenvalue weighted by Crippen LogP contribution is 2.14. The average Bonchev–Trinajstić information content (AvgIpc) is 2.33. The second kappa shape index (κ2) is 3.34. The Hall–Kier alpha value is -1.39. The zero-order chi connectivity index (χ0) is 9.14. The van der Waals surface area contributed by atoms with Crippen LogP contribution >= 0.6 is 0 Å². The molecule has 0 saturated carbocycles. The third kappa shape index (κ3) is 1.81. The number of carboxylic acid groups (broad SMARTS) is 1. The topological polar surface area (TPSA) is 78.9 Å². The fourth-order valence-corrected chi connectivity index (χ4v) is 0.997. The van der Waals surface area contributed by atoms with Crippen molar-refractivity contribution in [3.63, 3.8) is 0 Å². The molecule has 1 heterocycles. The molecule has 1 aromatic rings. The SMILES string of the molecule is CC(C)c1n[nH]nc1CC(=O)O. The van der Waals surface area contributed by atoms with E-state index in [9.17, 15) is 4.79 Å². The van der Waals surface area contributed by atoms with E-state index >= 15 is 0 Å². The van der Waals surface area contributed by atoms with Crippen molar-refractivity contribution in [1.82, 2.24) is 15.4 Å². The summed E-state index contributed by atoms with van der Waals surface area (Å²) in [5, 5.41) is 18.6. The lowest BCUT2D eigenvalue weighted by atomic mass is 10.1. The second-order valence-corrected chi connectivity index (χ2v) is 2.88. The summed E-state index contributed by atoms with van der Waals surface area (Å²) in [6.45, 7) is 3.90. The predicted octanol–water partition coefficient (Wildman–Crippen LogP) is 0.555. The summed E-state index contributed by atoms with van der Waals surface area (Å²) in [6.07, 6.45) is -0.0655. The molecule has 0 aromatic carbocycles. The third-order valence-electron chi connectivity index (χ3n) is 1.52. The van der Waals surface area contributed by atoms with Gasteiger partial charge >= 0.3 is 5.97 Å². The van der Waals surface area contributed by atoms with E-state index < -0.39 is 5.97 Å². The zero-order valence-electron chi connectivity index (χ0n) is 7.03. The summed E-state index contributed by atoms with van der Waals surface area (Å²) in [6, 6.07) is 0. The van der Waals surface area contributed by atoms with Gasteiger partial charge in [-0.25, -0.2) is 0 Å². The van der Waals surface area contributed by atoms with Gasteiger partial charge in [0.25, 0.3) is 0 Å². The molecule has 0 aliphatic heterocycles. The lowest BCUT2D eigenvalue weighted by Gasteiger charge is -1.99. The van der Waals surface area contributed by atoms with E-state index in [1.165, 1.54) is 0 Å². The molecule has 0 radical (unpaired) electrons. The van der Waals surface area contributed by atoms with Gasteiger partial charge in [-0.05, 0) is 5.92 Å². The van der Waals surface area contributed by atoms with Crippen molar-refractivity contribution >= 4 is 5.97 Å². The van der Waals surface area contributed by atoms with Crippen LogP contribution in [-0.4, -0.2) is 26.5 Å². The molecular formula is C7H11N3O2. The van der Waals surface area contributed by atoms with Gasteiger partial charge in [-0.1, -0.05) is 13.8 Å². The molecule has 5 nitrogen and oxygen atoms in total. The number of nitrogens with one attached hydrogen (secondary N) is 1. The number of aromatic amines is 1. The van der Waals surface area contributed by atoms with Gasteiger partial charge in [0.15, 0.2) is 0 Å². The molecule has 0 fully saturated rings. The number of aromatic nitrogens is 3. The molecule has 0 aliphatic rings. The van der Waals surface area contributed by atoms with E-state index in [0.29, 0.717) is 5.69 Å². The van der Waals surface area contributed by atoms with E-state index in [0.717, 1.165) is 5.69 Å². The molecule has 0 amide bonds. The molecule has 2 N–H and O–H groups in total. The van der Waals surface area contributed by atoms with Crippen LogP contribution < -0.4 is 0 Å². The molecule has 1 rings (SSSR count). The summed E-state index contributed by atoms with van der Waals surface area (Å²) in [7, 11) is 0. The van der Waals surface area contributed by atoms with Gasteiger partial charge in [-0.15, -0.1) is 0 Å². The van der Waals surface area contributed by atoms with Crippen LogP contribution in [0.25, 0.3) is 0 Å². The fraction of sp³-hybridized carbons (Fsp3) is 0.571. The van der Waals surface area contributed by atoms with Crippen LogP contribution in [0.2, 0.25) is 0 Å². The molecule has 0 aliphatic carbocycles. The summed E-state index contributed by atoms with van der Waals surface area (Å²) in [4.78, 5) is 10.4. The molecule has 0 spiro atoms. The summed E-state index contributed by atoms with van der Waals surface area (Å²) in [5.41, 5.74) is 1.26. The van der Waals surface area contributed by atoms with Gasteiger partial charge in [0.2, 0.25) is 0 Å². The quantitative estimate of drug-likeness (QED) is 0.692.